The molecule has 90 valence electrons. The van der Waals surface area contributed by atoms with Crippen LogP contribution in [0.1, 0.15) is 25.0 Å². The summed E-state index contributed by atoms with van der Waals surface area (Å²) in [6.45, 7) is 3.71. The number of benzene rings is 1. The van der Waals surface area contributed by atoms with Gasteiger partial charge in [0, 0.05) is 6.42 Å². The highest BCUT2D eigenvalue weighted by Gasteiger charge is 2.30. The van der Waals surface area contributed by atoms with Crippen molar-refractivity contribution in [1.29, 1.82) is 5.26 Å². The summed E-state index contributed by atoms with van der Waals surface area (Å²) in [6.07, 6.45) is 0.386. The lowest BCUT2D eigenvalue weighted by atomic mass is 9.93. The molecular formula is C13H16N2O2. The van der Waals surface area contributed by atoms with Gasteiger partial charge >= 0.3 is 5.97 Å². The molecule has 0 spiro atoms. The minimum absolute atomic E-state index is 0.318. The van der Waals surface area contributed by atoms with Crippen LogP contribution in [-0.4, -0.2) is 18.1 Å². The molecule has 2 N–H and O–H groups in total. The highest BCUT2D eigenvalue weighted by atomic mass is 16.5. The Kier molecular flexibility index (Phi) is 4.24. The number of carbonyl (C=O) groups excluding carboxylic acids is 1. The van der Waals surface area contributed by atoms with E-state index in [1.54, 1.807) is 38.1 Å². The van der Waals surface area contributed by atoms with Crippen LogP contribution < -0.4 is 5.73 Å². The minimum Gasteiger partial charge on any atom is -0.465 e. The lowest BCUT2D eigenvalue weighted by Crippen LogP contribution is -2.48. The number of esters is 1. The van der Waals surface area contributed by atoms with Gasteiger partial charge in [0.2, 0.25) is 0 Å². The zero-order valence-corrected chi connectivity index (χ0v) is 10.1. The average Bonchev–Trinajstić information content (AvgIpc) is 2.30. The van der Waals surface area contributed by atoms with Crippen molar-refractivity contribution in [3.8, 4) is 6.07 Å². The summed E-state index contributed by atoms with van der Waals surface area (Å²) < 4.78 is 4.91. The number of nitrogens with two attached hydrogens (primary N) is 1. The summed E-state index contributed by atoms with van der Waals surface area (Å²) in [4.78, 5) is 11.6. The van der Waals surface area contributed by atoms with Gasteiger partial charge < -0.3 is 10.5 Å². The second kappa shape index (κ2) is 5.46. The van der Waals surface area contributed by atoms with Crippen LogP contribution in [0.4, 0.5) is 0 Å². The maximum absolute atomic E-state index is 11.6. The molecule has 4 heteroatoms. The van der Waals surface area contributed by atoms with Crippen molar-refractivity contribution in [2.45, 2.75) is 25.8 Å². The summed E-state index contributed by atoms with van der Waals surface area (Å²) in [5.74, 6) is -0.413. The van der Waals surface area contributed by atoms with E-state index in [0.29, 0.717) is 18.6 Å². The summed E-state index contributed by atoms with van der Waals surface area (Å²) in [6, 6.07) is 9.04. The lowest BCUT2D eigenvalue weighted by molar-refractivity contribution is -0.148. The Bertz CT molecular complexity index is 430. The number of ether oxygens (including phenoxy) is 1. The van der Waals surface area contributed by atoms with E-state index in [1.807, 2.05) is 6.07 Å². The van der Waals surface area contributed by atoms with Gasteiger partial charge in [-0.3, -0.25) is 4.79 Å². The Morgan fingerprint density at radius 2 is 2.06 bits per heavy atom. The highest BCUT2D eigenvalue weighted by Crippen LogP contribution is 2.13. The monoisotopic (exact) mass is 232 g/mol. The molecule has 0 amide bonds. The van der Waals surface area contributed by atoms with Gasteiger partial charge in [-0.05, 0) is 31.5 Å². The van der Waals surface area contributed by atoms with Gasteiger partial charge in [-0.25, -0.2) is 0 Å². The Morgan fingerprint density at radius 3 is 2.53 bits per heavy atom. The molecule has 0 saturated heterocycles. The molecule has 1 aromatic carbocycles. The first-order valence-electron chi connectivity index (χ1n) is 5.44. The molecule has 0 aliphatic carbocycles. The number of nitriles is 1. The third kappa shape index (κ3) is 3.58. The largest absolute Gasteiger partial charge is 0.465 e. The molecule has 1 rings (SSSR count). The van der Waals surface area contributed by atoms with E-state index in [4.69, 9.17) is 15.7 Å². The third-order valence-electron chi connectivity index (χ3n) is 2.40. The van der Waals surface area contributed by atoms with Crippen LogP contribution in [0.2, 0.25) is 0 Å². The number of rotatable bonds is 4. The first-order chi connectivity index (χ1) is 7.99. The Labute approximate surface area is 101 Å². The minimum atomic E-state index is -1.04. The quantitative estimate of drug-likeness (QED) is 0.796. The SMILES string of the molecule is CCOC(=O)C(C)(N)Cc1ccc(C#N)cc1. The number of hydrogen-bond donors (Lipinski definition) is 1. The van der Waals surface area contributed by atoms with E-state index in [0.717, 1.165) is 5.56 Å². The molecule has 0 bridgehead atoms. The Hall–Kier alpha value is -1.86. The first kappa shape index (κ1) is 13.2. The first-order valence-corrected chi connectivity index (χ1v) is 5.44. The van der Waals surface area contributed by atoms with Gasteiger partial charge in [0.05, 0.1) is 18.2 Å². The van der Waals surface area contributed by atoms with Crippen LogP contribution in [0.3, 0.4) is 0 Å². The average molecular weight is 232 g/mol. The smallest absolute Gasteiger partial charge is 0.326 e. The number of nitrogens with zero attached hydrogens (tertiary/aromatic N) is 1. The number of hydrogen-bond acceptors (Lipinski definition) is 4. The molecule has 17 heavy (non-hydrogen) atoms. The normalized spacial score (nSPS) is 13.5. The van der Waals surface area contributed by atoms with Gasteiger partial charge in [0.15, 0.2) is 0 Å². The second-order valence-corrected chi connectivity index (χ2v) is 4.12. The van der Waals surface area contributed by atoms with Gasteiger partial charge in [-0.15, -0.1) is 0 Å². The molecule has 0 heterocycles. The summed E-state index contributed by atoms with van der Waals surface area (Å²) >= 11 is 0. The van der Waals surface area contributed by atoms with Crippen LogP contribution >= 0.6 is 0 Å². The van der Waals surface area contributed by atoms with E-state index in [-0.39, 0.29) is 0 Å². The predicted molar refractivity (Wildman–Crippen MR) is 64.1 cm³/mol. The van der Waals surface area contributed by atoms with Gasteiger partial charge in [0.25, 0.3) is 0 Å². The maximum atomic E-state index is 11.6. The van der Waals surface area contributed by atoms with Gasteiger partial charge in [-0.2, -0.15) is 5.26 Å². The van der Waals surface area contributed by atoms with Crippen molar-refractivity contribution in [1.82, 2.24) is 0 Å². The van der Waals surface area contributed by atoms with Crippen molar-refractivity contribution in [2.75, 3.05) is 6.61 Å². The second-order valence-electron chi connectivity index (χ2n) is 4.12. The van der Waals surface area contributed by atoms with Crippen molar-refractivity contribution >= 4 is 5.97 Å². The molecule has 1 aromatic rings. The van der Waals surface area contributed by atoms with Crippen LogP contribution in [0.5, 0.6) is 0 Å². The van der Waals surface area contributed by atoms with E-state index in [9.17, 15) is 4.79 Å². The van der Waals surface area contributed by atoms with Crippen LogP contribution in [0.25, 0.3) is 0 Å². The van der Waals surface area contributed by atoms with E-state index >= 15 is 0 Å². The fourth-order valence-corrected chi connectivity index (χ4v) is 1.49. The van der Waals surface area contributed by atoms with Crippen molar-refractivity contribution in [3.05, 3.63) is 35.4 Å². The predicted octanol–water partition coefficient (Wildman–Crippen LogP) is 1.38. The molecule has 0 aliphatic heterocycles. The van der Waals surface area contributed by atoms with Gasteiger partial charge in [-0.1, -0.05) is 12.1 Å². The Balaban J connectivity index is 2.76. The van der Waals surface area contributed by atoms with E-state index in [2.05, 4.69) is 0 Å². The molecule has 1 unspecified atom stereocenters. The summed E-state index contributed by atoms with van der Waals surface area (Å²) in [5.41, 5.74) is 6.36. The fourth-order valence-electron chi connectivity index (χ4n) is 1.49. The molecule has 0 fully saturated rings. The van der Waals surface area contributed by atoms with Crippen molar-refractivity contribution in [2.24, 2.45) is 5.73 Å². The van der Waals surface area contributed by atoms with Crippen molar-refractivity contribution in [3.63, 3.8) is 0 Å². The molecule has 0 aromatic heterocycles. The maximum Gasteiger partial charge on any atom is 0.326 e. The van der Waals surface area contributed by atoms with E-state index in [1.165, 1.54) is 0 Å². The zero-order chi connectivity index (χ0) is 12.9. The molecular weight excluding hydrogens is 216 g/mol. The lowest BCUT2D eigenvalue weighted by Gasteiger charge is -2.22. The zero-order valence-electron chi connectivity index (χ0n) is 10.1. The van der Waals surface area contributed by atoms with Crippen LogP contribution in [0.15, 0.2) is 24.3 Å². The standard InChI is InChI=1S/C13H16N2O2/c1-3-17-12(16)13(2,15)8-10-4-6-11(9-14)7-5-10/h4-7H,3,8,15H2,1-2H3. The van der Waals surface area contributed by atoms with Crippen molar-refractivity contribution < 1.29 is 9.53 Å². The highest BCUT2D eigenvalue weighted by molar-refractivity contribution is 5.80. The van der Waals surface area contributed by atoms with Crippen LogP contribution in [0, 0.1) is 11.3 Å². The van der Waals surface area contributed by atoms with Crippen LogP contribution in [-0.2, 0) is 16.0 Å². The molecule has 0 aliphatic rings. The van der Waals surface area contributed by atoms with Gasteiger partial charge in [0.1, 0.15) is 5.54 Å². The van der Waals surface area contributed by atoms with E-state index < -0.39 is 11.5 Å². The summed E-state index contributed by atoms with van der Waals surface area (Å²) in [5, 5.41) is 8.67. The summed E-state index contributed by atoms with van der Waals surface area (Å²) in [7, 11) is 0. The number of carbonyl (C=O) groups is 1. The molecule has 4 nitrogen and oxygen atoms in total. The fraction of sp³-hybridized carbons (Fsp3) is 0.385. The topological polar surface area (TPSA) is 76.1 Å². The molecule has 0 saturated carbocycles. The Morgan fingerprint density at radius 1 is 1.47 bits per heavy atom. The molecule has 0 radical (unpaired) electrons. The molecule has 1 atom stereocenters. The third-order valence-corrected chi connectivity index (χ3v) is 2.40.